The van der Waals surface area contributed by atoms with E-state index in [2.05, 4.69) is 5.32 Å². The van der Waals surface area contributed by atoms with Crippen molar-refractivity contribution in [3.8, 4) is 0 Å². The molecule has 4 heteroatoms. The highest BCUT2D eigenvalue weighted by molar-refractivity contribution is 4.82. The highest BCUT2D eigenvalue weighted by Gasteiger charge is 2.20. The Kier molecular flexibility index (Phi) is 5.71. The lowest BCUT2D eigenvalue weighted by Crippen LogP contribution is -2.30. The van der Waals surface area contributed by atoms with Gasteiger partial charge in [-0.15, -0.1) is 0 Å². The van der Waals surface area contributed by atoms with E-state index in [1.165, 1.54) is 19.3 Å². The third-order valence-electron chi connectivity index (χ3n) is 3.70. The van der Waals surface area contributed by atoms with Gasteiger partial charge in [-0.05, 0) is 45.1 Å². The topological polar surface area (TPSA) is 56.5 Å². The lowest BCUT2D eigenvalue weighted by atomic mass is 10.2. The number of nitrogens with two attached hydrogens (primary N) is 1. The molecule has 0 amide bonds. The molecule has 3 unspecified atom stereocenters. The van der Waals surface area contributed by atoms with Crippen LogP contribution in [0.5, 0.6) is 0 Å². The average Bonchev–Trinajstić information content (AvgIpc) is 2.95. The first-order valence-corrected chi connectivity index (χ1v) is 7.03. The van der Waals surface area contributed by atoms with E-state index in [1.807, 2.05) is 0 Å². The number of ether oxygens (including phenoxy) is 2. The van der Waals surface area contributed by atoms with Gasteiger partial charge in [0.05, 0.1) is 12.7 Å². The van der Waals surface area contributed by atoms with Crippen LogP contribution in [0.2, 0.25) is 0 Å². The Morgan fingerprint density at radius 2 is 2.24 bits per heavy atom. The molecule has 0 aromatic carbocycles. The molecule has 1 aliphatic heterocycles. The van der Waals surface area contributed by atoms with E-state index < -0.39 is 0 Å². The van der Waals surface area contributed by atoms with Crippen LogP contribution >= 0.6 is 0 Å². The lowest BCUT2D eigenvalue weighted by molar-refractivity contribution is 0.0165. The van der Waals surface area contributed by atoms with Crippen LogP contribution in [0, 0.1) is 0 Å². The Bertz CT molecular complexity index is 208. The minimum absolute atomic E-state index is 0.357. The first kappa shape index (κ1) is 13.3. The molecule has 0 radical (unpaired) electrons. The molecule has 1 saturated carbocycles. The van der Waals surface area contributed by atoms with Crippen molar-refractivity contribution in [1.29, 1.82) is 0 Å². The zero-order chi connectivity index (χ0) is 11.9. The van der Waals surface area contributed by atoms with Gasteiger partial charge in [0.1, 0.15) is 0 Å². The van der Waals surface area contributed by atoms with E-state index in [0.717, 1.165) is 45.6 Å². The van der Waals surface area contributed by atoms with Gasteiger partial charge in [-0.1, -0.05) is 0 Å². The highest BCUT2D eigenvalue weighted by atomic mass is 16.5. The third kappa shape index (κ3) is 4.92. The van der Waals surface area contributed by atoms with Crippen LogP contribution in [0.1, 0.15) is 38.5 Å². The van der Waals surface area contributed by atoms with Crippen LogP contribution in [-0.2, 0) is 9.47 Å². The van der Waals surface area contributed by atoms with Crippen molar-refractivity contribution in [3.63, 3.8) is 0 Å². The van der Waals surface area contributed by atoms with E-state index in [-0.39, 0.29) is 0 Å². The molecule has 2 aliphatic rings. The smallest absolute Gasteiger partial charge is 0.0809 e. The molecule has 4 nitrogen and oxygen atoms in total. The molecule has 2 fully saturated rings. The first-order chi connectivity index (χ1) is 8.34. The molecular weight excluding hydrogens is 216 g/mol. The van der Waals surface area contributed by atoms with E-state index in [9.17, 15) is 0 Å². The molecule has 2 rings (SSSR count). The van der Waals surface area contributed by atoms with Crippen molar-refractivity contribution in [2.24, 2.45) is 5.73 Å². The molecule has 0 bridgehead atoms. The quantitative estimate of drug-likeness (QED) is 0.655. The summed E-state index contributed by atoms with van der Waals surface area (Å²) in [6.07, 6.45) is 7.34. The third-order valence-corrected chi connectivity index (χ3v) is 3.70. The lowest BCUT2D eigenvalue weighted by Gasteiger charge is -2.13. The fraction of sp³-hybridized carbons (Fsp3) is 1.00. The molecule has 1 saturated heterocycles. The Labute approximate surface area is 104 Å². The van der Waals surface area contributed by atoms with E-state index in [4.69, 9.17) is 15.2 Å². The van der Waals surface area contributed by atoms with Gasteiger partial charge in [-0.25, -0.2) is 0 Å². The SMILES string of the molecule is NC1CCC(NCCCOCC2CCCO2)C1. The molecule has 3 N–H and O–H groups in total. The number of hydrogen-bond donors (Lipinski definition) is 2. The van der Waals surface area contributed by atoms with Crippen LogP contribution in [0.25, 0.3) is 0 Å². The second-order valence-corrected chi connectivity index (χ2v) is 5.29. The Hall–Kier alpha value is -0.160. The van der Waals surface area contributed by atoms with E-state index in [1.54, 1.807) is 0 Å². The van der Waals surface area contributed by atoms with Gasteiger partial charge in [-0.3, -0.25) is 0 Å². The van der Waals surface area contributed by atoms with E-state index >= 15 is 0 Å². The van der Waals surface area contributed by atoms with Crippen molar-refractivity contribution < 1.29 is 9.47 Å². The average molecular weight is 242 g/mol. The van der Waals surface area contributed by atoms with Crippen molar-refractivity contribution in [3.05, 3.63) is 0 Å². The van der Waals surface area contributed by atoms with Crippen LogP contribution in [-0.4, -0.2) is 44.6 Å². The molecule has 100 valence electrons. The van der Waals surface area contributed by atoms with Gasteiger partial charge in [-0.2, -0.15) is 0 Å². The molecule has 1 aliphatic carbocycles. The summed E-state index contributed by atoms with van der Waals surface area (Å²) in [5, 5.41) is 3.55. The summed E-state index contributed by atoms with van der Waals surface area (Å²) in [7, 11) is 0. The summed E-state index contributed by atoms with van der Waals surface area (Å²) < 4.78 is 11.1. The zero-order valence-corrected chi connectivity index (χ0v) is 10.7. The van der Waals surface area contributed by atoms with Crippen LogP contribution in [0.4, 0.5) is 0 Å². The Morgan fingerprint density at radius 1 is 1.29 bits per heavy atom. The van der Waals surface area contributed by atoms with Gasteiger partial charge in [0.25, 0.3) is 0 Å². The highest BCUT2D eigenvalue weighted by Crippen LogP contribution is 2.16. The molecule has 0 aromatic heterocycles. The van der Waals surface area contributed by atoms with Gasteiger partial charge < -0.3 is 20.5 Å². The number of hydrogen-bond acceptors (Lipinski definition) is 4. The normalized spacial score (nSPS) is 33.4. The first-order valence-electron chi connectivity index (χ1n) is 7.03. The summed E-state index contributed by atoms with van der Waals surface area (Å²) in [4.78, 5) is 0. The van der Waals surface area contributed by atoms with Crippen molar-refractivity contribution in [1.82, 2.24) is 5.32 Å². The second kappa shape index (κ2) is 7.31. The fourth-order valence-corrected chi connectivity index (χ4v) is 2.67. The minimum Gasteiger partial charge on any atom is -0.379 e. The molecule has 0 aromatic rings. The summed E-state index contributed by atoms with van der Waals surface area (Å²) in [5.41, 5.74) is 5.87. The standard InChI is InChI=1S/C13H26N2O2/c14-11-4-5-12(9-11)15-6-2-7-16-10-13-3-1-8-17-13/h11-13,15H,1-10,14H2. The Balaban J connectivity index is 1.38. The minimum atomic E-state index is 0.357. The molecule has 1 heterocycles. The predicted molar refractivity (Wildman–Crippen MR) is 68.0 cm³/mol. The largest absolute Gasteiger partial charge is 0.379 e. The maximum atomic E-state index is 5.87. The number of rotatable bonds is 7. The molecule has 17 heavy (non-hydrogen) atoms. The summed E-state index contributed by atoms with van der Waals surface area (Å²) in [6.45, 7) is 3.57. The van der Waals surface area contributed by atoms with Gasteiger partial charge in [0, 0.05) is 25.3 Å². The van der Waals surface area contributed by atoms with Gasteiger partial charge in [0.15, 0.2) is 0 Å². The summed E-state index contributed by atoms with van der Waals surface area (Å²) in [6, 6.07) is 1.06. The maximum Gasteiger partial charge on any atom is 0.0809 e. The van der Waals surface area contributed by atoms with Crippen molar-refractivity contribution >= 4 is 0 Å². The fourth-order valence-electron chi connectivity index (χ4n) is 2.67. The number of nitrogens with one attached hydrogen (secondary N) is 1. The second-order valence-electron chi connectivity index (χ2n) is 5.29. The zero-order valence-electron chi connectivity index (χ0n) is 10.7. The van der Waals surface area contributed by atoms with Gasteiger partial charge >= 0.3 is 0 Å². The van der Waals surface area contributed by atoms with Crippen LogP contribution < -0.4 is 11.1 Å². The molecule has 3 atom stereocenters. The summed E-state index contributed by atoms with van der Waals surface area (Å²) in [5.74, 6) is 0. The van der Waals surface area contributed by atoms with Gasteiger partial charge in [0.2, 0.25) is 0 Å². The van der Waals surface area contributed by atoms with Crippen LogP contribution in [0.15, 0.2) is 0 Å². The van der Waals surface area contributed by atoms with E-state index in [0.29, 0.717) is 18.2 Å². The summed E-state index contributed by atoms with van der Waals surface area (Å²) >= 11 is 0. The van der Waals surface area contributed by atoms with Crippen LogP contribution in [0.3, 0.4) is 0 Å². The van der Waals surface area contributed by atoms with Crippen molar-refractivity contribution in [2.75, 3.05) is 26.4 Å². The molecular formula is C13H26N2O2. The maximum absolute atomic E-state index is 5.87. The predicted octanol–water partition coefficient (Wildman–Crippen LogP) is 1.04. The Morgan fingerprint density at radius 3 is 2.94 bits per heavy atom. The monoisotopic (exact) mass is 242 g/mol. The van der Waals surface area contributed by atoms with Crippen molar-refractivity contribution in [2.45, 2.75) is 56.7 Å². The molecule has 0 spiro atoms.